The maximum atomic E-state index is 5.80. The van der Waals surface area contributed by atoms with Crippen LogP contribution >= 0.6 is 17.0 Å². The largest absolute Gasteiger partial charge is 0.331 e. The fourth-order valence-corrected chi connectivity index (χ4v) is 4.53. The van der Waals surface area contributed by atoms with Crippen LogP contribution in [-0.4, -0.2) is 12.4 Å². The van der Waals surface area contributed by atoms with Crippen molar-refractivity contribution in [3.63, 3.8) is 0 Å². The summed E-state index contributed by atoms with van der Waals surface area (Å²) in [5, 5.41) is 0. The summed E-state index contributed by atoms with van der Waals surface area (Å²) < 4.78 is 5.29. The molecule has 0 saturated carbocycles. The van der Waals surface area contributed by atoms with Crippen LogP contribution in [0.1, 0.15) is 27.7 Å². The zero-order valence-corrected chi connectivity index (χ0v) is 10.7. The van der Waals surface area contributed by atoms with Gasteiger partial charge in [0.05, 0.1) is 6.61 Å². The monoisotopic (exact) mass is 227 g/mol. The van der Waals surface area contributed by atoms with Gasteiger partial charge in [-0.1, -0.05) is 32.2 Å². The van der Waals surface area contributed by atoms with E-state index in [2.05, 4.69) is 20.8 Å². The Balaban J connectivity index is 3.84. The molecule has 0 spiro atoms. The first-order chi connectivity index (χ1) is 5.27. The van der Waals surface area contributed by atoms with E-state index in [9.17, 15) is 0 Å². The molecule has 0 fully saturated rings. The molecule has 0 aliphatic heterocycles. The molecule has 1 unspecified atom stereocenters. The molecule has 0 aliphatic rings. The van der Waals surface area contributed by atoms with Gasteiger partial charge in [0.2, 0.25) is 0 Å². The van der Waals surface area contributed by atoms with Crippen molar-refractivity contribution in [1.29, 1.82) is 0 Å². The Kier molecular flexibility index (Phi) is 5.35. The van der Waals surface area contributed by atoms with Gasteiger partial charge in [0.1, 0.15) is 0 Å². The fraction of sp³-hybridized carbons (Fsp3) is 1.00. The van der Waals surface area contributed by atoms with Crippen LogP contribution in [0.15, 0.2) is 0 Å². The second kappa shape index (κ2) is 4.97. The molecule has 0 aromatic rings. The highest BCUT2D eigenvalue weighted by molar-refractivity contribution is 8.68. The Morgan fingerprint density at radius 2 is 2.00 bits per heavy atom. The Hall–Kier alpha value is 0.920. The molecule has 2 nitrogen and oxygen atoms in total. The molecule has 0 rings (SSSR count). The lowest BCUT2D eigenvalue weighted by Crippen LogP contribution is -2.09. The van der Waals surface area contributed by atoms with Crippen molar-refractivity contribution in [2.24, 2.45) is 10.9 Å². The lowest BCUT2D eigenvalue weighted by atomic mass is 10.0. The van der Waals surface area contributed by atoms with E-state index in [1.54, 1.807) is 11.4 Å². The average Bonchev–Trinajstić information content (AvgIpc) is 1.83. The molecular formula is C7H18NOPS2. The summed E-state index contributed by atoms with van der Waals surface area (Å²) in [6.07, 6.45) is 0. The summed E-state index contributed by atoms with van der Waals surface area (Å²) in [4.78, 5) is 0. The molecule has 0 bridgehead atoms. The topological polar surface area (TPSA) is 35.2 Å². The summed E-state index contributed by atoms with van der Waals surface area (Å²) >= 11 is 6.73. The van der Waals surface area contributed by atoms with Gasteiger partial charge in [0.15, 0.2) is 5.62 Å². The van der Waals surface area contributed by atoms with Gasteiger partial charge in [-0.25, -0.2) is 0 Å². The molecule has 5 heteroatoms. The molecule has 74 valence electrons. The van der Waals surface area contributed by atoms with E-state index in [1.165, 1.54) is 0 Å². The van der Waals surface area contributed by atoms with E-state index in [0.29, 0.717) is 6.61 Å². The molecule has 0 heterocycles. The molecule has 1 atom stereocenters. The zero-order chi connectivity index (χ0) is 9.83. The number of hydrogen-bond donors (Lipinski definition) is 1. The number of nitrogens with two attached hydrogens (primary N) is 1. The highest BCUT2D eigenvalue weighted by Crippen LogP contribution is 2.54. The zero-order valence-electron chi connectivity index (χ0n) is 8.16. The Labute approximate surface area is 84.5 Å². The van der Waals surface area contributed by atoms with E-state index < -0.39 is 5.62 Å². The van der Waals surface area contributed by atoms with E-state index in [4.69, 9.17) is 21.8 Å². The second-order valence-corrected chi connectivity index (χ2v) is 10.4. The van der Waals surface area contributed by atoms with Crippen LogP contribution in [0.5, 0.6) is 0 Å². The van der Waals surface area contributed by atoms with E-state index in [1.807, 2.05) is 6.92 Å². The molecule has 12 heavy (non-hydrogen) atoms. The van der Waals surface area contributed by atoms with Crippen molar-refractivity contribution in [3.8, 4) is 0 Å². The van der Waals surface area contributed by atoms with Crippen molar-refractivity contribution in [1.82, 2.24) is 0 Å². The van der Waals surface area contributed by atoms with Crippen LogP contribution in [0, 0.1) is 5.41 Å². The van der Waals surface area contributed by atoms with E-state index >= 15 is 0 Å². The summed E-state index contributed by atoms with van der Waals surface area (Å²) in [6, 6.07) is 0. The van der Waals surface area contributed by atoms with Crippen molar-refractivity contribution < 1.29 is 4.52 Å². The third-order valence-electron chi connectivity index (χ3n) is 0.987. The molecule has 0 aromatic carbocycles. The van der Waals surface area contributed by atoms with Crippen molar-refractivity contribution in [2.75, 3.05) is 12.4 Å². The number of hydrogen-bond acceptors (Lipinski definition) is 3. The maximum Gasteiger partial charge on any atom is 0.183 e. The minimum Gasteiger partial charge on any atom is -0.331 e. The van der Waals surface area contributed by atoms with E-state index in [0.717, 1.165) is 5.75 Å². The van der Waals surface area contributed by atoms with Gasteiger partial charge in [-0.05, 0) is 24.1 Å². The van der Waals surface area contributed by atoms with Crippen LogP contribution in [0.25, 0.3) is 0 Å². The normalized spacial score (nSPS) is 17.4. The maximum absolute atomic E-state index is 5.80. The molecular weight excluding hydrogens is 209 g/mol. The lowest BCUT2D eigenvalue weighted by Gasteiger charge is -2.22. The molecule has 0 amide bonds. The van der Waals surface area contributed by atoms with E-state index in [-0.39, 0.29) is 5.41 Å². The fourth-order valence-electron chi connectivity index (χ4n) is 0.501. The Bertz CT molecular complexity index is 179. The van der Waals surface area contributed by atoms with Crippen molar-refractivity contribution in [3.05, 3.63) is 0 Å². The first-order valence-electron chi connectivity index (χ1n) is 3.94. The van der Waals surface area contributed by atoms with Crippen LogP contribution in [0.4, 0.5) is 0 Å². The predicted octanol–water partition coefficient (Wildman–Crippen LogP) is 2.99. The first kappa shape index (κ1) is 12.9. The van der Waals surface area contributed by atoms with Gasteiger partial charge in [0, 0.05) is 5.75 Å². The lowest BCUT2D eigenvalue weighted by molar-refractivity contribution is 0.385. The predicted molar refractivity (Wildman–Crippen MR) is 62.0 cm³/mol. The molecule has 0 aromatic heterocycles. The van der Waals surface area contributed by atoms with Crippen molar-refractivity contribution in [2.45, 2.75) is 27.7 Å². The molecule has 0 saturated heterocycles. The van der Waals surface area contributed by atoms with Gasteiger partial charge in [-0.15, -0.1) is 0 Å². The third-order valence-corrected chi connectivity index (χ3v) is 6.01. The first-order valence-corrected chi connectivity index (χ1v) is 8.32. The quantitative estimate of drug-likeness (QED) is 0.749. The van der Waals surface area contributed by atoms with Crippen LogP contribution in [0.3, 0.4) is 0 Å². The molecule has 0 radical (unpaired) electrons. The highest BCUT2D eigenvalue weighted by Gasteiger charge is 2.17. The van der Waals surface area contributed by atoms with Gasteiger partial charge in [-0.3, -0.25) is 5.50 Å². The van der Waals surface area contributed by atoms with Crippen LogP contribution in [-0.2, 0) is 16.3 Å². The van der Waals surface area contributed by atoms with Crippen molar-refractivity contribution >= 4 is 28.8 Å². The standard InChI is InChI=1S/C7H18NOPS2/c1-5-9-10(8,11)12-6-7(2,3)4/h5-6H2,1-4H3,(H2,8,11). The minimum atomic E-state index is -2.04. The second-order valence-electron chi connectivity index (χ2n) is 3.79. The molecule has 0 aliphatic carbocycles. The minimum absolute atomic E-state index is 0.269. The average molecular weight is 227 g/mol. The van der Waals surface area contributed by atoms with Gasteiger partial charge >= 0.3 is 0 Å². The highest BCUT2D eigenvalue weighted by atomic mass is 32.9. The number of rotatable bonds is 4. The SMILES string of the molecule is CCOP(N)(=S)SCC(C)(C)C. The smallest absolute Gasteiger partial charge is 0.183 e. The van der Waals surface area contributed by atoms with Gasteiger partial charge in [0.25, 0.3) is 0 Å². The van der Waals surface area contributed by atoms with Crippen LogP contribution in [0.2, 0.25) is 0 Å². The molecule has 2 N–H and O–H groups in total. The third kappa shape index (κ3) is 7.56. The summed E-state index contributed by atoms with van der Waals surface area (Å²) in [6.45, 7) is 9.04. The van der Waals surface area contributed by atoms with Crippen LogP contribution < -0.4 is 5.50 Å². The van der Waals surface area contributed by atoms with Gasteiger partial charge < -0.3 is 4.52 Å². The summed E-state index contributed by atoms with van der Waals surface area (Å²) in [7, 11) is 0. The summed E-state index contributed by atoms with van der Waals surface area (Å²) in [5.41, 5.74) is 4.03. The Morgan fingerprint density at radius 3 is 2.33 bits per heavy atom. The van der Waals surface area contributed by atoms with Gasteiger partial charge in [-0.2, -0.15) is 0 Å². The Morgan fingerprint density at radius 1 is 1.50 bits per heavy atom. The summed E-state index contributed by atoms with van der Waals surface area (Å²) in [5.74, 6) is 0.959.